The number of nitrogens with two attached hydrogens (primary N) is 1. The molecule has 0 radical (unpaired) electrons. The van der Waals surface area contributed by atoms with Gasteiger partial charge >= 0.3 is 6.18 Å². The number of halogens is 4. The molecule has 1 heterocycles. The van der Waals surface area contributed by atoms with E-state index in [9.17, 15) is 13.2 Å². The van der Waals surface area contributed by atoms with Crippen LogP contribution in [0.1, 0.15) is 11.3 Å². The monoisotopic (exact) mass is 320 g/mol. The van der Waals surface area contributed by atoms with Crippen LogP contribution in [0, 0.1) is 0 Å². The van der Waals surface area contributed by atoms with Gasteiger partial charge in [0.15, 0.2) is 5.76 Å². The molecule has 0 saturated carbocycles. The quantitative estimate of drug-likeness (QED) is 0.920. The molecule has 7 heteroatoms. The Morgan fingerprint density at radius 2 is 2.00 bits per heavy atom. The first-order chi connectivity index (χ1) is 8.41. The van der Waals surface area contributed by atoms with Gasteiger partial charge in [0.25, 0.3) is 0 Å². The molecule has 0 aliphatic carbocycles. The Bertz CT molecular complexity index is 566. The van der Waals surface area contributed by atoms with Gasteiger partial charge in [-0.15, -0.1) is 0 Å². The first-order valence-electron chi connectivity index (χ1n) is 4.94. The lowest BCUT2D eigenvalue weighted by Gasteiger charge is -2.08. The molecule has 2 N–H and O–H groups in total. The van der Waals surface area contributed by atoms with Gasteiger partial charge in [0.05, 0.1) is 12.1 Å². The van der Waals surface area contributed by atoms with Gasteiger partial charge in [-0.3, -0.25) is 0 Å². The van der Waals surface area contributed by atoms with Crippen molar-refractivity contribution in [3.63, 3.8) is 0 Å². The fourth-order valence-electron chi connectivity index (χ4n) is 1.43. The standard InChI is InChI=1S/C11H8BrF3N2O/c12-9-2-1-6(11(13,14)15)3-8(9)10-4-7(5-16)18-17-10/h1-4H,5,16H2. The SMILES string of the molecule is NCc1cc(-c2cc(C(F)(F)F)ccc2Br)no1. The molecule has 0 spiro atoms. The highest BCUT2D eigenvalue weighted by atomic mass is 79.9. The van der Waals surface area contributed by atoms with Crippen molar-refractivity contribution in [3.05, 3.63) is 40.1 Å². The van der Waals surface area contributed by atoms with E-state index >= 15 is 0 Å². The largest absolute Gasteiger partial charge is 0.416 e. The number of rotatable bonds is 2. The van der Waals surface area contributed by atoms with Crippen LogP contribution in [-0.4, -0.2) is 5.16 Å². The number of nitrogens with zero attached hydrogens (tertiary/aromatic N) is 1. The summed E-state index contributed by atoms with van der Waals surface area (Å²) in [6.07, 6.45) is -4.39. The first-order valence-corrected chi connectivity index (χ1v) is 5.74. The number of aromatic nitrogens is 1. The van der Waals surface area contributed by atoms with E-state index in [2.05, 4.69) is 21.1 Å². The summed E-state index contributed by atoms with van der Waals surface area (Å²) in [6.45, 7) is 0.142. The Balaban J connectivity index is 2.49. The minimum Gasteiger partial charge on any atom is -0.359 e. The zero-order valence-electron chi connectivity index (χ0n) is 8.96. The Hall–Kier alpha value is -1.34. The van der Waals surface area contributed by atoms with Crippen LogP contribution in [0.5, 0.6) is 0 Å². The van der Waals surface area contributed by atoms with E-state index in [1.165, 1.54) is 12.1 Å². The van der Waals surface area contributed by atoms with Crippen molar-refractivity contribution in [1.29, 1.82) is 0 Å². The van der Waals surface area contributed by atoms with Gasteiger partial charge < -0.3 is 10.3 Å². The van der Waals surface area contributed by atoms with Crippen LogP contribution >= 0.6 is 15.9 Å². The van der Waals surface area contributed by atoms with Crippen molar-refractivity contribution in [2.24, 2.45) is 5.73 Å². The second-order valence-corrected chi connectivity index (χ2v) is 4.43. The van der Waals surface area contributed by atoms with Crippen molar-refractivity contribution >= 4 is 15.9 Å². The molecule has 0 amide bonds. The zero-order valence-corrected chi connectivity index (χ0v) is 10.5. The summed E-state index contributed by atoms with van der Waals surface area (Å²) < 4.78 is 43.2. The lowest BCUT2D eigenvalue weighted by Crippen LogP contribution is -2.04. The third kappa shape index (κ3) is 2.56. The molecule has 18 heavy (non-hydrogen) atoms. The first kappa shape index (κ1) is 13.1. The molecule has 1 aromatic heterocycles. The van der Waals surface area contributed by atoms with Crippen LogP contribution in [0.25, 0.3) is 11.3 Å². The van der Waals surface area contributed by atoms with Crippen molar-refractivity contribution in [2.45, 2.75) is 12.7 Å². The van der Waals surface area contributed by atoms with E-state index in [1.54, 1.807) is 0 Å². The molecular formula is C11H8BrF3N2O. The molecule has 96 valence electrons. The smallest absolute Gasteiger partial charge is 0.359 e. The Labute approximate surface area is 109 Å². The van der Waals surface area contributed by atoms with Crippen molar-refractivity contribution in [1.82, 2.24) is 5.16 Å². The summed E-state index contributed by atoms with van der Waals surface area (Å²) in [5.41, 5.74) is 5.24. The fourth-order valence-corrected chi connectivity index (χ4v) is 1.88. The van der Waals surface area contributed by atoms with Crippen LogP contribution in [0.15, 0.2) is 33.3 Å². The van der Waals surface area contributed by atoms with Gasteiger partial charge in [-0.25, -0.2) is 0 Å². The second-order valence-electron chi connectivity index (χ2n) is 3.57. The topological polar surface area (TPSA) is 52.0 Å². The van der Waals surface area contributed by atoms with Crippen LogP contribution in [-0.2, 0) is 12.7 Å². The van der Waals surface area contributed by atoms with E-state index in [-0.39, 0.29) is 6.54 Å². The zero-order chi connectivity index (χ0) is 13.3. The summed E-state index contributed by atoms with van der Waals surface area (Å²) in [4.78, 5) is 0. The normalized spacial score (nSPS) is 11.8. The summed E-state index contributed by atoms with van der Waals surface area (Å²) >= 11 is 3.18. The van der Waals surface area contributed by atoms with E-state index in [0.29, 0.717) is 21.5 Å². The summed E-state index contributed by atoms with van der Waals surface area (Å²) in [6, 6.07) is 4.86. The molecular weight excluding hydrogens is 313 g/mol. The highest BCUT2D eigenvalue weighted by Crippen LogP contribution is 2.35. The second kappa shape index (κ2) is 4.74. The minimum absolute atomic E-state index is 0.142. The Morgan fingerprint density at radius 3 is 2.56 bits per heavy atom. The number of hydrogen-bond donors (Lipinski definition) is 1. The summed E-state index contributed by atoms with van der Waals surface area (Å²) in [5.74, 6) is 0.411. The van der Waals surface area contributed by atoms with E-state index in [0.717, 1.165) is 12.1 Å². The van der Waals surface area contributed by atoms with Crippen molar-refractivity contribution in [3.8, 4) is 11.3 Å². The minimum atomic E-state index is -4.39. The van der Waals surface area contributed by atoms with Crippen LogP contribution in [0.3, 0.4) is 0 Å². The van der Waals surface area contributed by atoms with Crippen molar-refractivity contribution in [2.75, 3.05) is 0 Å². The number of hydrogen-bond acceptors (Lipinski definition) is 3. The molecule has 0 atom stereocenters. The van der Waals surface area contributed by atoms with Gasteiger partial charge in [0, 0.05) is 16.1 Å². The van der Waals surface area contributed by atoms with Gasteiger partial charge in [-0.2, -0.15) is 13.2 Å². The highest BCUT2D eigenvalue weighted by Gasteiger charge is 2.31. The predicted octanol–water partition coefficient (Wildman–Crippen LogP) is 3.58. The summed E-state index contributed by atoms with van der Waals surface area (Å²) in [7, 11) is 0. The molecule has 0 saturated heterocycles. The third-order valence-electron chi connectivity index (χ3n) is 2.33. The number of alkyl halides is 3. The van der Waals surface area contributed by atoms with Crippen LogP contribution in [0.4, 0.5) is 13.2 Å². The van der Waals surface area contributed by atoms with Crippen molar-refractivity contribution < 1.29 is 17.7 Å². The van der Waals surface area contributed by atoms with Gasteiger partial charge in [-0.1, -0.05) is 21.1 Å². The van der Waals surface area contributed by atoms with E-state index in [1.807, 2.05) is 0 Å². The molecule has 3 nitrogen and oxygen atoms in total. The lowest BCUT2D eigenvalue weighted by molar-refractivity contribution is -0.137. The maximum Gasteiger partial charge on any atom is 0.416 e. The molecule has 0 unspecified atom stereocenters. The van der Waals surface area contributed by atoms with E-state index < -0.39 is 11.7 Å². The molecule has 1 aromatic carbocycles. The predicted molar refractivity (Wildman–Crippen MR) is 62.5 cm³/mol. The van der Waals surface area contributed by atoms with Gasteiger partial charge in [-0.05, 0) is 18.2 Å². The van der Waals surface area contributed by atoms with Gasteiger partial charge in [0.2, 0.25) is 0 Å². The van der Waals surface area contributed by atoms with E-state index in [4.69, 9.17) is 10.3 Å². The highest BCUT2D eigenvalue weighted by molar-refractivity contribution is 9.10. The van der Waals surface area contributed by atoms with Crippen LogP contribution in [0.2, 0.25) is 0 Å². The average Bonchev–Trinajstić information content (AvgIpc) is 2.76. The number of benzene rings is 1. The molecule has 0 aliphatic rings. The van der Waals surface area contributed by atoms with Gasteiger partial charge in [0.1, 0.15) is 5.69 Å². The molecule has 0 aliphatic heterocycles. The molecule has 2 aromatic rings. The Kier molecular flexibility index (Phi) is 3.45. The Morgan fingerprint density at radius 1 is 1.28 bits per heavy atom. The maximum absolute atomic E-state index is 12.6. The molecule has 2 rings (SSSR count). The van der Waals surface area contributed by atoms with Crippen LogP contribution < -0.4 is 5.73 Å². The third-order valence-corrected chi connectivity index (χ3v) is 3.02. The fraction of sp³-hybridized carbons (Fsp3) is 0.182. The maximum atomic E-state index is 12.6. The molecule has 0 fully saturated rings. The molecule has 0 bridgehead atoms. The summed E-state index contributed by atoms with van der Waals surface area (Å²) in [5, 5.41) is 3.69. The lowest BCUT2D eigenvalue weighted by atomic mass is 10.1. The average molecular weight is 321 g/mol.